The predicted molar refractivity (Wildman–Crippen MR) is 57.4 cm³/mol. The van der Waals surface area contributed by atoms with Gasteiger partial charge >= 0.3 is 0 Å². The van der Waals surface area contributed by atoms with E-state index in [-0.39, 0.29) is 0 Å². The SMILES string of the molecule is COC(C)(C)c1ncc([C@H](C)O)c(C)n1. The van der Waals surface area contributed by atoms with E-state index in [4.69, 9.17) is 4.74 Å². The summed E-state index contributed by atoms with van der Waals surface area (Å²) in [6.07, 6.45) is 1.12. The van der Waals surface area contributed by atoms with Gasteiger partial charge in [0.2, 0.25) is 0 Å². The number of hydrogen-bond acceptors (Lipinski definition) is 4. The molecule has 0 aromatic carbocycles. The average molecular weight is 210 g/mol. The molecule has 4 nitrogen and oxygen atoms in total. The Morgan fingerprint density at radius 1 is 1.47 bits per heavy atom. The molecule has 15 heavy (non-hydrogen) atoms. The molecule has 4 heteroatoms. The Morgan fingerprint density at radius 3 is 2.47 bits per heavy atom. The normalized spacial score (nSPS) is 14.0. The number of rotatable bonds is 3. The third-order valence-electron chi connectivity index (χ3n) is 2.52. The van der Waals surface area contributed by atoms with Gasteiger partial charge in [-0.25, -0.2) is 9.97 Å². The Labute approximate surface area is 90.3 Å². The fourth-order valence-electron chi connectivity index (χ4n) is 1.27. The van der Waals surface area contributed by atoms with Crippen molar-refractivity contribution in [1.29, 1.82) is 0 Å². The Morgan fingerprint density at radius 2 is 2.07 bits per heavy atom. The van der Waals surface area contributed by atoms with E-state index in [9.17, 15) is 5.11 Å². The molecule has 0 amide bonds. The molecule has 1 N–H and O–H groups in total. The molecule has 1 atom stereocenters. The van der Waals surface area contributed by atoms with E-state index in [2.05, 4.69) is 9.97 Å². The van der Waals surface area contributed by atoms with Crippen LogP contribution < -0.4 is 0 Å². The fourth-order valence-corrected chi connectivity index (χ4v) is 1.27. The quantitative estimate of drug-likeness (QED) is 0.825. The van der Waals surface area contributed by atoms with Crippen LogP contribution in [0.3, 0.4) is 0 Å². The van der Waals surface area contributed by atoms with Crippen LogP contribution in [-0.2, 0) is 10.3 Å². The first kappa shape index (κ1) is 12.1. The third kappa shape index (κ3) is 2.52. The first-order chi connectivity index (χ1) is 6.88. The van der Waals surface area contributed by atoms with Crippen LogP contribution in [-0.4, -0.2) is 22.2 Å². The van der Waals surface area contributed by atoms with Crippen LogP contribution in [0.1, 0.15) is 44.0 Å². The molecule has 1 aromatic rings. The predicted octanol–water partition coefficient (Wildman–Crippen LogP) is 1.72. The number of nitrogens with zero attached hydrogens (tertiary/aromatic N) is 2. The number of aliphatic hydroxyl groups is 1. The van der Waals surface area contributed by atoms with Crippen molar-refractivity contribution in [3.63, 3.8) is 0 Å². The summed E-state index contributed by atoms with van der Waals surface area (Å²) >= 11 is 0. The highest BCUT2D eigenvalue weighted by Crippen LogP contribution is 2.22. The first-order valence-corrected chi connectivity index (χ1v) is 4.95. The van der Waals surface area contributed by atoms with Gasteiger partial charge in [-0.1, -0.05) is 0 Å². The summed E-state index contributed by atoms with van der Waals surface area (Å²) in [5, 5.41) is 9.44. The van der Waals surface area contributed by atoms with Crippen molar-refractivity contribution in [2.75, 3.05) is 7.11 Å². The summed E-state index contributed by atoms with van der Waals surface area (Å²) < 4.78 is 5.29. The van der Waals surface area contributed by atoms with Crippen LogP contribution in [0.4, 0.5) is 0 Å². The zero-order valence-corrected chi connectivity index (χ0v) is 9.90. The van der Waals surface area contributed by atoms with E-state index in [1.54, 1.807) is 20.2 Å². The van der Waals surface area contributed by atoms with E-state index in [0.29, 0.717) is 5.82 Å². The fraction of sp³-hybridized carbons (Fsp3) is 0.636. The van der Waals surface area contributed by atoms with E-state index in [0.717, 1.165) is 11.3 Å². The molecule has 0 fully saturated rings. The number of hydrogen-bond donors (Lipinski definition) is 1. The smallest absolute Gasteiger partial charge is 0.159 e. The molecule has 84 valence electrons. The van der Waals surface area contributed by atoms with Crippen LogP contribution in [0, 0.1) is 6.92 Å². The van der Waals surface area contributed by atoms with E-state index in [1.165, 1.54) is 0 Å². The lowest BCUT2D eigenvalue weighted by atomic mass is 10.1. The Kier molecular flexibility index (Phi) is 3.42. The molecule has 0 radical (unpaired) electrons. The van der Waals surface area contributed by atoms with Crippen molar-refractivity contribution in [3.05, 3.63) is 23.3 Å². The van der Waals surface area contributed by atoms with Crippen molar-refractivity contribution < 1.29 is 9.84 Å². The molecule has 1 aromatic heterocycles. The second-order valence-corrected chi connectivity index (χ2v) is 4.12. The maximum atomic E-state index is 9.44. The summed E-state index contributed by atoms with van der Waals surface area (Å²) in [7, 11) is 1.63. The molecule has 0 aliphatic heterocycles. The van der Waals surface area contributed by atoms with Gasteiger partial charge in [-0.05, 0) is 27.7 Å². The van der Waals surface area contributed by atoms with Gasteiger partial charge < -0.3 is 9.84 Å². The Bertz CT molecular complexity index is 348. The van der Waals surface area contributed by atoms with E-state index in [1.807, 2.05) is 20.8 Å². The van der Waals surface area contributed by atoms with Gasteiger partial charge in [0.25, 0.3) is 0 Å². The first-order valence-electron chi connectivity index (χ1n) is 4.95. The molecule has 0 unspecified atom stereocenters. The molecule has 0 saturated carbocycles. The van der Waals surface area contributed by atoms with Gasteiger partial charge in [-0.3, -0.25) is 0 Å². The summed E-state index contributed by atoms with van der Waals surface area (Å²) in [6.45, 7) is 7.37. The lowest BCUT2D eigenvalue weighted by Gasteiger charge is -2.22. The van der Waals surface area contributed by atoms with Crippen molar-refractivity contribution in [2.24, 2.45) is 0 Å². The lowest BCUT2D eigenvalue weighted by Crippen LogP contribution is -2.23. The number of aryl methyl sites for hydroxylation is 1. The monoisotopic (exact) mass is 210 g/mol. The number of aliphatic hydroxyl groups excluding tert-OH is 1. The molecule has 0 spiro atoms. The molecular weight excluding hydrogens is 192 g/mol. The highest BCUT2D eigenvalue weighted by Gasteiger charge is 2.23. The largest absolute Gasteiger partial charge is 0.389 e. The maximum Gasteiger partial charge on any atom is 0.159 e. The molecule has 0 bridgehead atoms. The van der Waals surface area contributed by atoms with E-state index >= 15 is 0 Å². The minimum absolute atomic E-state index is 0.498. The minimum Gasteiger partial charge on any atom is -0.389 e. The summed E-state index contributed by atoms with van der Waals surface area (Å²) in [5.74, 6) is 0.631. The van der Waals surface area contributed by atoms with Crippen LogP contribution in [0.5, 0.6) is 0 Å². The van der Waals surface area contributed by atoms with Crippen molar-refractivity contribution in [2.45, 2.75) is 39.4 Å². The zero-order valence-electron chi connectivity index (χ0n) is 9.90. The second-order valence-electron chi connectivity index (χ2n) is 4.12. The van der Waals surface area contributed by atoms with Gasteiger partial charge in [-0.2, -0.15) is 0 Å². The summed E-state index contributed by atoms with van der Waals surface area (Å²) in [6, 6.07) is 0. The van der Waals surface area contributed by atoms with Crippen LogP contribution in [0.15, 0.2) is 6.20 Å². The topological polar surface area (TPSA) is 55.2 Å². The molecule has 1 rings (SSSR count). The summed E-state index contributed by atoms with van der Waals surface area (Å²) in [5.41, 5.74) is 1.05. The van der Waals surface area contributed by atoms with Gasteiger partial charge in [0, 0.05) is 24.6 Å². The van der Waals surface area contributed by atoms with Crippen molar-refractivity contribution in [1.82, 2.24) is 9.97 Å². The minimum atomic E-state index is -0.537. The zero-order chi connectivity index (χ0) is 11.6. The standard InChI is InChI=1S/C11H18N2O2/c1-7-9(8(2)14)6-12-10(13-7)11(3,4)15-5/h6,8,14H,1-5H3/t8-/m0/s1. The third-order valence-corrected chi connectivity index (χ3v) is 2.52. The number of methoxy groups -OCH3 is 1. The molecule has 0 aliphatic rings. The van der Waals surface area contributed by atoms with Crippen molar-refractivity contribution >= 4 is 0 Å². The lowest BCUT2D eigenvalue weighted by molar-refractivity contribution is 0.0111. The molecule has 1 heterocycles. The van der Waals surface area contributed by atoms with Crippen LogP contribution in [0.2, 0.25) is 0 Å². The second kappa shape index (κ2) is 4.24. The van der Waals surface area contributed by atoms with Crippen molar-refractivity contribution in [3.8, 4) is 0 Å². The molecule has 0 aliphatic carbocycles. The highest BCUT2D eigenvalue weighted by molar-refractivity contribution is 5.19. The van der Waals surface area contributed by atoms with E-state index < -0.39 is 11.7 Å². The van der Waals surface area contributed by atoms with Crippen LogP contribution in [0.25, 0.3) is 0 Å². The Hall–Kier alpha value is -1.00. The molecular formula is C11H18N2O2. The van der Waals surface area contributed by atoms with Crippen LogP contribution >= 0.6 is 0 Å². The Balaban J connectivity index is 3.12. The van der Waals surface area contributed by atoms with Gasteiger partial charge in [-0.15, -0.1) is 0 Å². The number of ether oxygens (including phenoxy) is 1. The van der Waals surface area contributed by atoms with Gasteiger partial charge in [0.05, 0.1) is 6.10 Å². The van der Waals surface area contributed by atoms with Gasteiger partial charge in [0.1, 0.15) is 5.60 Å². The number of aromatic nitrogens is 2. The molecule has 0 saturated heterocycles. The maximum absolute atomic E-state index is 9.44. The highest BCUT2D eigenvalue weighted by atomic mass is 16.5. The summed E-state index contributed by atoms with van der Waals surface area (Å²) in [4.78, 5) is 8.55. The van der Waals surface area contributed by atoms with Gasteiger partial charge in [0.15, 0.2) is 5.82 Å². The average Bonchev–Trinajstić information content (AvgIpc) is 2.17.